The number of fused-ring (bicyclic) bond motifs is 1. The van der Waals surface area contributed by atoms with Crippen LogP contribution in [0.4, 0.5) is 19.0 Å². The number of pyridine rings is 1. The van der Waals surface area contributed by atoms with Gasteiger partial charge in [-0.05, 0) is 24.3 Å². The number of carbonyl (C=O) groups excluding carboxylic acids is 1. The second-order valence-corrected chi connectivity index (χ2v) is 5.06. The Balaban J connectivity index is 2.02. The van der Waals surface area contributed by atoms with Crippen molar-refractivity contribution in [3.05, 3.63) is 47.9 Å². The molecule has 9 heteroatoms. The molecule has 1 amide bonds. The number of terminal acetylenes is 1. The van der Waals surface area contributed by atoms with Crippen LogP contribution in [0.5, 0.6) is 5.75 Å². The summed E-state index contributed by atoms with van der Waals surface area (Å²) in [6, 6.07) is 6.11. The predicted molar refractivity (Wildman–Crippen MR) is 87.3 cm³/mol. The highest BCUT2D eigenvalue weighted by molar-refractivity contribution is 6.07. The summed E-state index contributed by atoms with van der Waals surface area (Å²) in [5.74, 6) is 1.13. The fourth-order valence-electron chi connectivity index (χ4n) is 2.33. The lowest BCUT2D eigenvalue weighted by molar-refractivity contribution is -0.0490. The Labute approximate surface area is 145 Å². The van der Waals surface area contributed by atoms with Crippen LogP contribution >= 0.6 is 0 Å². The molecule has 1 aromatic carbocycles. The molecule has 0 aliphatic carbocycles. The number of amides is 1. The topological polar surface area (TPSA) is 69.0 Å². The highest BCUT2D eigenvalue weighted by Crippen LogP contribution is 2.30. The standard InChI is InChI=1S/C17H11F3N4O2/c1-2-9-24-14-12(26-17(19)20)7-8-21-13(14)15(23-24)22-16(25)10-3-5-11(18)6-4-10/h1,3-8,17H,9H2,(H,22,23,25). The number of nitrogens with one attached hydrogen (secondary N) is 1. The van der Waals surface area contributed by atoms with Gasteiger partial charge in [0.2, 0.25) is 0 Å². The number of hydrogen-bond donors (Lipinski definition) is 1. The number of nitrogens with zero attached hydrogens (tertiary/aromatic N) is 3. The maximum atomic E-state index is 13.0. The molecule has 3 aromatic rings. The SMILES string of the molecule is C#CCn1nc(NC(=O)c2ccc(F)cc2)c2nccc(OC(F)F)c21. The second kappa shape index (κ2) is 7.14. The summed E-state index contributed by atoms with van der Waals surface area (Å²) in [4.78, 5) is 16.4. The number of ether oxygens (including phenoxy) is 1. The Morgan fingerprint density at radius 3 is 2.69 bits per heavy atom. The Hall–Kier alpha value is -3.54. The van der Waals surface area contributed by atoms with Gasteiger partial charge in [0.25, 0.3) is 5.91 Å². The molecule has 0 aliphatic rings. The molecule has 0 saturated carbocycles. The summed E-state index contributed by atoms with van der Waals surface area (Å²) in [6.45, 7) is -3.10. The van der Waals surface area contributed by atoms with Crippen molar-refractivity contribution in [2.45, 2.75) is 13.2 Å². The molecular weight excluding hydrogens is 349 g/mol. The molecule has 26 heavy (non-hydrogen) atoms. The van der Waals surface area contributed by atoms with Crippen molar-refractivity contribution >= 4 is 22.8 Å². The highest BCUT2D eigenvalue weighted by atomic mass is 19.3. The Morgan fingerprint density at radius 2 is 2.04 bits per heavy atom. The molecule has 0 radical (unpaired) electrons. The van der Waals surface area contributed by atoms with Gasteiger partial charge in [-0.3, -0.25) is 9.78 Å². The molecule has 2 heterocycles. The molecule has 0 aliphatic heterocycles. The molecular formula is C17H11F3N4O2. The third kappa shape index (κ3) is 3.44. The van der Waals surface area contributed by atoms with Crippen molar-refractivity contribution in [1.82, 2.24) is 14.8 Å². The molecule has 0 fully saturated rings. The Bertz CT molecular complexity index is 994. The van der Waals surface area contributed by atoms with E-state index in [1.165, 1.54) is 29.1 Å². The van der Waals surface area contributed by atoms with Gasteiger partial charge in [0.15, 0.2) is 11.6 Å². The van der Waals surface area contributed by atoms with Gasteiger partial charge in [-0.15, -0.1) is 6.42 Å². The van der Waals surface area contributed by atoms with Crippen LogP contribution in [-0.2, 0) is 6.54 Å². The van der Waals surface area contributed by atoms with E-state index in [0.717, 1.165) is 12.1 Å². The monoisotopic (exact) mass is 360 g/mol. The third-order valence-corrected chi connectivity index (χ3v) is 3.39. The highest BCUT2D eigenvalue weighted by Gasteiger charge is 2.20. The first-order valence-electron chi connectivity index (χ1n) is 7.30. The molecule has 2 aromatic heterocycles. The number of rotatable bonds is 5. The third-order valence-electron chi connectivity index (χ3n) is 3.39. The minimum atomic E-state index is -3.05. The van der Waals surface area contributed by atoms with E-state index < -0.39 is 18.3 Å². The van der Waals surface area contributed by atoms with E-state index in [1.807, 2.05) is 0 Å². The van der Waals surface area contributed by atoms with Gasteiger partial charge in [0, 0.05) is 17.8 Å². The van der Waals surface area contributed by atoms with Crippen LogP contribution < -0.4 is 10.1 Å². The minimum Gasteiger partial charge on any atom is -0.432 e. The van der Waals surface area contributed by atoms with Crippen LogP contribution in [0, 0.1) is 18.2 Å². The smallest absolute Gasteiger partial charge is 0.387 e. The first-order valence-corrected chi connectivity index (χ1v) is 7.30. The Morgan fingerprint density at radius 1 is 1.31 bits per heavy atom. The van der Waals surface area contributed by atoms with E-state index in [4.69, 9.17) is 6.42 Å². The van der Waals surface area contributed by atoms with E-state index in [0.29, 0.717) is 0 Å². The number of halogens is 3. The largest absolute Gasteiger partial charge is 0.432 e. The molecule has 1 N–H and O–H groups in total. The zero-order valence-electron chi connectivity index (χ0n) is 13.1. The predicted octanol–water partition coefficient (Wildman–Crippen LogP) is 3.06. The zero-order chi connectivity index (χ0) is 18.7. The fourth-order valence-corrected chi connectivity index (χ4v) is 2.33. The van der Waals surface area contributed by atoms with Gasteiger partial charge >= 0.3 is 6.61 Å². The molecule has 0 bridgehead atoms. The molecule has 0 saturated heterocycles. The average molecular weight is 360 g/mol. The van der Waals surface area contributed by atoms with Gasteiger partial charge < -0.3 is 10.1 Å². The molecule has 0 unspecified atom stereocenters. The average Bonchev–Trinajstić information content (AvgIpc) is 2.94. The second-order valence-electron chi connectivity index (χ2n) is 5.06. The molecule has 6 nitrogen and oxygen atoms in total. The van der Waals surface area contributed by atoms with Gasteiger partial charge in [-0.2, -0.15) is 13.9 Å². The van der Waals surface area contributed by atoms with Crippen molar-refractivity contribution in [3.8, 4) is 18.1 Å². The number of hydrogen-bond acceptors (Lipinski definition) is 4. The van der Waals surface area contributed by atoms with Crippen LogP contribution in [0.1, 0.15) is 10.4 Å². The summed E-state index contributed by atoms with van der Waals surface area (Å²) in [5, 5.41) is 6.62. The number of carbonyl (C=O) groups is 1. The first kappa shape index (κ1) is 17.3. The van der Waals surface area contributed by atoms with Gasteiger partial charge in [0.05, 0.1) is 0 Å². The van der Waals surface area contributed by atoms with Gasteiger partial charge in [-0.1, -0.05) is 5.92 Å². The lowest BCUT2D eigenvalue weighted by atomic mass is 10.2. The molecule has 3 rings (SSSR count). The van der Waals surface area contributed by atoms with Crippen LogP contribution in [0.25, 0.3) is 11.0 Å². The summed E-state index contributed by atoms with van der Waals surface area (Å²) in [6.07, 6.45) is 6.52. The van der Waals surface area contributed by atoms with Gasteiger partial charge in [-0.25, -0.2) is 9.07 Å². The Kier molecular flexibility index (Phi) is 4.75. The number of anilines is 1. The zero-order valence-corrected chi connectivity index (χ0v) is 13.1. The normalized spacial score (nSPS) is 10.7. The van der Waals surface area contributed by atoms with Crippen molar-refractivity contribution in [1.29, 1.82) is 0 Å². The lowest BCUT2D eigenvalue weighted by Gasteiger charge is -2.06. The lowest BCUT2D eigenvalue weighted by Crippen LogP contribution is -2.13. The van der Waals surface area contributed by atoms with E-state index in [-0.39, 0.29) is 34.7 Å². The van der Waals surface area contributed by atoms with E-state index >= 15 is 0 Å². The summed E-state index contributed by atoms with van der Waals surface area (Å²) in [7, 11) is 0. The van der Waals surface area contributed by atoms with Crippen LogP contribution in [-0.4, -0.2) is 27.3 Å². The number of benzene rings is 1. The van der Waals surface area contributed by atoms with Crippen LogP contribution in [0.2, 0.25) is 0 Å². The van der Waals surface area contributed by atoms with Crippen LogP contribution in [0.15, 0.2) is 36.5 Å². The molecule has 132 valence electrons. The fraction of sp³-hybridized carbons (Fsp3) is 0.118. The van der Waals surface area contributed by atoms with E-state index in [1.54, 1.807) is 0 Å². The van der Waals surface area contributed by atoms with Gasteiger partial charge in [0.1, 0.15) is 23.4 Å². The van der Waals surface area contributed by atoms with E-state index in [2.05, 4.69) is 26.1 Å². The maximum absolute atomic E-state index is 13.0. The quantitative estimate of drug-likeness (QED) is 0.710. The number of aromatic nitrogens is 3. The molecule has 0 spiro atoms. The van der Waals surface area contributed by atoms with Crippen molar-refractivity contribution in [2.75, 3.05) is 5.32 Å². The number of alkyl halides is 2. The maximum Gasteiger partial charge on any atom is 0.387 e. The van der Waals surface area contributed by atoms with Crippen molar-refractivity contribution in [2.24, 2.45) is 0 Å². The summed E-state index contributed by atoms with van der Waals surface area (Å²) in [5.41, 5.74) is 0.444. The minimum absolute atomic E-state index is 0.0179. The summed E-state index contributed by atoms with van der Waals surface area (Å²) < 4.78 is 43.9. The van der Waals surface area contributed by atoms with E-state index in [9.17, 15) is 18.0 Å². The van der Waals surface area contributed by atoms with Crippen molar-refractivity contribution < 1.29 is 22.7 Å². The molecule has 0 atom stereocenters. The summed E-state index contributed by atoms with van der Waals surface area (Å²) >= 11 is 0. The van der Waals surface area contributed by atoms with Crippen molar-refractivity contribution in [3.63, 3.8) is 0 Å². The van der Waals surface area contributed by atoms with Crippen LogP contribution in [0.3, 0.4) is 0 Å². The first-order chi connectivity index (χ1) is 12.5.